The Labute approximate surface area is 89.6 Å². The summed E-state index contributed by atoms with van der Waals surface area (Å²) in [4.78, 5) is 10.7. The third-order valence-electron chi connectivity index (χ3n) is 1.75. The molecule has 0 unspecified atom stereocenters. The van der Waals surface area contributed by atoms with Crippen LogP contribution in [-0.4, -0.2) is 25.6 Å². The number of aromatic hydroxyl groups is 1. The SMILES string of the molecule is COc1cc(Br)c(OC)c(O)c1C=O. The molecule has 76 valence electrons. The zero-order valence-corrected chi connectivity index (χ0v) is 9.29. The molecule has 1 aromatic carbocycles. The summed E-state index contributed by atoms with van der Waals surface area (Å²) in [5.41, 5.74) is 0.0764. The van der Waals surface area contributed by atoms with E-state index in [0.29, 0.717) is 16.5 Å². The Morgan fingerprint density at radius 3 is 2.50 bits per heavy atom. The predicted octanol–water partition coefficient (Wildman–Crippen LogP) is 1.98. The van der Waals surface area contributed by atoms with Gasteiger partial charge in [-0.2, -0.15) is 0 Å². The van der Waals surface area contributed by atoms with Crippen LogP contribution in [0.1, 0.15) is 10.4 Å². The van der Waals surface area contributed by atoms with Crippen LogP contribution in [0.25, 0.3) is 0 Å². The van der Waals surface area contributed by atoms with Crippen LogP contribution >= 0.6 is 15.9 Å². The Morgan fingerprint density at radius 1 is 1.43 bits per heavy atom. The number of aldehydes is 1. The lowest BCUT2D eigenvalue weighted by atomic mass is 10.2. The number of carbonyl (C=O) groups is 1. The van der Waals surface area contributed by atoms with Crippen molar-refractivity contribution in [3.63, 3.8) is 0 Å². The van der Waals surface area contributed by atoms with Gasteiger partial charge in [-0.15, -0.1) is 0 Å². The number of ether oxygens (including phenoxy) is 2. The van der Waals surface area contributed by atoms with Crippen LogP contribution in [0, 0.1) is 0 Å². The summed E-state index contributed by atoms with van der Waals surface area (Å²) < 4.78 is 10.4. The highest BCUT2D eigenvalue weighted by Crippen LogP contribution is 2.41. The molecular formula is C9H9BrO4. The third kappa shape index (κ3) is 1.68. The molecule has 0 spiro atoms. The van der Waals surface area contributed by atoms with Crippen molar-refractivity contribution in [1.29, 1.82) is 0 Å². The maximum atomic E-state index is 10.7. The summed E-state index contributed by atoms with van der Waals surface area (Å²) in [6.45, 7) is 0. The molecule has 0 amide bonds. The molecule has 0 saturated carbocycles. The van der Waals surface area contributed by atoms with Gasteiger partial charge in [-0.1, -0.05) is 0 Å². The number of hydrogen-bond acceptors (Lipinski definition) is 4. The average Bonchev–Trinajstić information content (AvgIpc) is 2.17. The monoisotopic (exact) mass is 260 g/mol. The van der Waals surface area contributed by atoms with E-state index < -0.39 is 0 Å². The van der Waals surface area contributed by atoms with Crippen LogP contribution in [0.2, 0.25) is 0 Å². The van der Waals surface area contributed by atoms with Gasteiger partial charge in [-0.25, -0.2) is 0 Å². The summed E-state index contributed by atoms with van der Waals surface area (Å²) in [6.07, 6.45) is 0.517. The van der Waals surface area contributed by atoms with Gasteiger partial charge in [-0.05, 0) is 22.0 Å². The molecule has 0 fully saturated rings. The number of benzene rings is 1. The lowest BCUT2D eigenvalue weighted by Gasteiger charge is -2.11. The van der Waals surface area contributed by atoms with Crippen molar-refractivity contribution >= 4 is 22.2 Å². The second-order valence-electron chi connectivity index (χ2n) is 2.47. The zero-order chi connectivity index (χ0) is 10.7. The molecule has 0 aliphatic heterocycles. The van der Waals surface area contributed by atoms with E-state index in [4.69, 9.17) is 9.47 Å². The molecule has 0 aliphatic rings. The number of halogens is 1. The number of carbonyl (C=O) groups excluding carboxylic acids is 1. The molecule has 0 heterocycles. The van der Waals surface area contributed by atoms with Gasteiger partial charge >= 0.3 is 0 Å². The van der Waals surface area contributed by atoms with Gasteiger partial charge in [0, 0.05) is 0 Å². The van der Waals surface area contributed by atoms with E-state index in [2.05, 4.69) is 15.9 Å². The largest absolute Gasteiger partial charge is 0.504 e. The van der Waals surface area contributed by atoms with E-state index in [1.807, 2.05) is 0 Å². The molecule has 0 bridgehead atoms. The second-order valence-corrected chi connectivity index (χ2v) is 3.33. The highest BCUT2D eigenvalue weighted by molar-refractivity contribution is 9.10. The standard InChI is InChI=1S/C9H9BrO4/c1-13-7-3-6(10)9(14-2)8(12)5(7)4-11/h3-4,12H,1-2H3. The van der Waals surface area contributed by atoms with Gasteiger partial charge in [-0.3, -0.25) is 4.79 Å². The summed E-state index contributed by atoms with van der Waals surface area (Å²) in [5, 5.41) is 9.62. The number of phenols is 1. The Hall–Kier alpha value is -1.23. The first-order chi connectivity index (χ1) is 6.65. The minimum Gasteiger partial charge on any atom is -0.504 e. The smallest absolute Gasteiger partial charge is 0.175 e. The maximum absolute atomic E-state index is 10.7. The molecule has 1 aromatic rings. The van der Waals surface area contributed by atoms with E-state index in [1.54, 1.807) is 6.07 Å². The van der Waals surface area contributed by atoms with Crippen molar-refractivity contribution < 1.29 is 19.4 Å². The first-order valence-corrected chi connectivity index (χ1v) is 4.53. The van der Waals surface area contributed by atoms with E-state index in [1.165, 1.54) is 14.2 Å². The lowest BCUT2D eigenvalue weighted by molar-refractivity contribution is 0.111. The fourth-order valence-electron chi connectivity index (χ4n) is 1.09. The minimum atomic E-state index is -0.228. The molecular weight excluding hydrogens is 252 g/mol. The van der Waals surface area contributed by atoms with Gasteiger partial charge in [0.05, 0.1) is 18.7 Å². The van der Waals surface area contributed by atoms with Gasteiger partial charge < -0.3 is 14.6 Å². The average molecular weight is 261 g/mol. The molecule has 0 aliphatic carbocycles. The van der Waals surface area contributed by atoms with Crippen molar-refractivity contribution in [2.24, 2.45) is 0 Å². The fourth-order valence-corrected chi connectivity index (χ4v) is 1.65. The Morgan fingerprint density at radius 2 is 2.07 bits per heavy atom. The molecule has 1 rings (SSSR count). The summed E-state index contributed by atoms with van der Waals surface area (Å²) in [5.74, 6) is 0.284. The van der Waals surface area contributed by atoms with Gasteiger partial charge in [0.15, 0.2) is 17.8 Å². The predicted molar refractivity (Wildman–Crippen MR) is 54.3 cm³/mol. The first kappa shape index (κ1) is 10.8. The van der Waals surface area contributed by atoms with Crippen LogP contribution in [0.15, 0.2) is 10.5 Å². The second kappa shape index (κ2) is 4.32. The molecule has 0 saturated heterocycles. The number of rotatable bonds is 3. The molecule has 0 radical (unpaired) electrons. The van der Waals surface area contributed by atoms with Crippen molar-refractivity contribution in [3.8, 4) is 17.2 Å². The third-order valence-corrected chi connectivity index (χ3v) is 2.34. The van der Waals surface area contributed by atoms with Crippen LogP contribution in [0.3, 0.4) is 0 Å². The van der Waals surface area contributed by atoms with Gasteiger partial charge in [0.2, 0.25) is 0 Å². The van der Waals surface area contributed by atoms with Crippen LogP contribution in [-0.2, 0) is 0 Å². The van der Waals surface area contributed by atoms with Crippen molar-refractivity contribution in [3.05, 3.63) is 16.1 Å². The highest BCUT2D eigenvalue weighted by atomic mass is 79.9. The van der Waals surface area contributed by atoms with E-state index in [-0.39, 0.29) is 17.1 Å². The Balaban J connectivity index is 3.46. The molecule has 5 heteroatoms. The highest BCUT2D eigenvalue weighted by Gasteiger charge is 2.16. The number of phenolic OH excluding ortho intramolecular Hbond substituents is 1. The van der Waals surface area contributed by atoms with Crippen LogP contribution in [0.5, 0.6) is 17.2 Å². The summed E-state index contributed by atoms with van der Waals surface area (Å²) in [6, 6.07) is 1.56. The molecule has 14 heavy (non-hydrogen) atoms. The van der Waals surface area contributed by atoms with Gasteiger partial charge in [0.25, 0.3) is 0 Å². The summed E-state index contributed by atoms with van der Waals surface area (Å²) >= 11 is 3.18. The maximum Gasteiger partial charge on any atom is 0.175 e. The Kier molecular flexibility index (Phi) is 3.35. The van der Waals surface area contributed by atoms with Crippen molar-refractivity contribution in [2.45, 2.75) is 0 Å². The normalized spacial score (nSPS) is 9.64. The molecule has 0 atom stereocenters. The molecule has 0 aromatic heterocycles. The van der Waals surface area contributed by atoms with Crippen molar-refractivity contribution in [2.75, 3.05) is 14.2 Å². The lowest BCUT2D eigenvalue weighted by Crippen LogP contribution is -1.95. The van der Waals surface area contributed by atoms with E-state index in [9.17, 15) is 9.90 Å². The minimum absolute atomic E-state index is 0.0764. The number of methoxy groups -OCH3 is 2. The van der Waals surface area contributed by atoms with Crippen LogP contribution in [0.4, 0.5) is 0 Å². The number of hydrogen-bond donors (Lipinski definition) is 1. The molecule has 4 nitrogen and oxygen atoms in total. The van der Waals surface area contributed by atoms with E-state index >= 15 is 0 Å². The zero-order valence-electron chi connectivity index (χ0n) is 7.70. The van der Waals surface area contributed by atoms with E-state index in [0.717, 1.165) is 0 Å². The summed E-state index contributed by atoms with van der Waals surface area (Å²) in [7, 11) is 2.82. The fraction of sp³-hybridized carbons (Fsp3) is 0.222. The first-order valence-electron chi connectivity index (χ1n) is 3.74. The molecule has 1 N–H and O–H groups in total. The van der Waals surface area contributed by atoms with Crippen molar-refractivity contribution in [1.82, 2.24) is 0 Å². The quantitative estimate of drug-likeness (QED) is 0.845. The Bertz CT molecular complexity index is 362. The van der Waals surface area contributed by atoms with Crippen LogP contribution < -0.4 is 9.47 Å². The topological polar surface area (TPSA) is 55.8 Å². The van der Waals surface area contributed by atoms with Gasteiger partial charge in [0.1, 0.15) is 11.3 Å².